The monoisotopic (exact) mass is 408 g/mol. The van der Waals surface area contributed by atoms with Crippen molar-refractivity contribution >= 4 is 5.91 Å². The Kier molecular flexibility index (Phi) is 6.88. The standard InChI is InChI=1S/C25H36N4O/c1-19(30)26-15-20-7-6-14-29(16-20)18-24-17-28(2)27-25(24)23-12-10-22(11-13-23)21-8-4-3-5-9-21/h10-13,17,20-21H,3-9,14-16,18H2,1-2H3,(H,26,30)/t20-/m0/s1. The van der Waals surface area contributed by atoms with E-state index in [4.69, 9.17) is 5.10 Å². The van der Waals surface area contributed by atoms with Crippen molar-refractivity contribution in [1.82, 2.24) is 20.0 Å². The van der Waals surface area contributed by atoms with Gasteiger partial charge in [-0.15, -0.1) is 0 Å². The molecule has 162 valence electrons. The number of amides is 1. The Hall–Kier alpha value is -2.14. The molecule has 0 bridgehead atoms. The summed E-state index contributed by atoms with van der Waals surface area (Å²) in [5.74, 6) is 1.35. The van der Waals surface area contributed by atoms with Gasteiger partial charge >= 0.3 is 0 Å². The number of rotatable bonds is 6. The lowest BCUT2D eigenvalue weighted by molar-refractivity contribution is -0.119. The first-order chi connectivity index (χ1) is 14.6. The zero-order valence-electron chi connectivity index (χ0n) is 18.6. The molecule has 1 aromatic heterocycles. The van der Waals surface area contributed by atoms with Crippen LogP contribution in [0, 0.1) is 5.92 Å². The number of likely N-dealkylation sites (tertiary alicyclic amines) is 1. The third kappa shape index (κ3) is 5.31. The zero-order chi connectivity index (χ0) is 20.9. The van der Waals surface area contributed by atoms with Crippen molar-refractivity contribution in [2.24, 2.45) is 13.0 Å². The summed E-state index contributed by atoms with van der Waals surface area (Å²) in [6, 6.07) is 9.19. The van der Waals surface area contributed by atoms with E-state index in [1.165, 1.54) is 61.6 Å². The summed E-state index contributed by atoms with van der Waals surface area (Å²) in [5.41, 5.74) is 5.12. The van der Waals surface area contributed by atoms with Crippen molar-refractivity contribution < 1.29 is 4.79 Å². The van der Waals surface area contributed by atoms with Crippen molar-refractivity contribution in [2.75, 3.05) is 19.6 Å². The van der Waals surface area contributed by atoms with Gasteiger partial charge in [0.15, 0.2) is 0 Å². The number of piperidine rings is 1. The lowest BCUT2D eigenvalue weighted by Crippen LogP contribution is -2.40. The van der Waals surface area contributed by atoms with Crippen LogP contribution < -0.4 is 5.32 Å². The van der Waals surface area contributed by atoms with Gasteiger partial charge in [0.1, 0.15) is 0 Å². The van der Waals surface area contributed by atoms with Gasteiger partial charge in [0.25, 0.3) is 0 Å². The van der Waals surface area contributed by atoms with E-state index in [1.54, 1.807) is 6.92 Å². The first-order valence-corrected chi connectivity index (χ1v) is 11.7. The normalized spacial score (nSPS) is 20.9. The van der Waals surface area contributed by atoms with Crippen molar-refractivity contribution in [3.63, 3.8) is 0 Å². The molecule has 1 atom stereocenters. The topological polar surface area (TPSA) is 50.2 Å². The van der Waals surface area contributed by atoms with Crippen LogP contribution in [0.5, 0.6) is 0 Å². The minimum atomic E-state index is 0.0679. The van der Waals surface area contributed by atoms with E-state index in [0.29, 0.717) is 5.92 Å². The Bertz CT molecular complexity index is 835. The van der Waals surface area contributed by atoms with Crippen LogP contribution in [-0.4, -0.2) is 40.2 Å². The van der Waals surface area contributed by atoms with E-state index in [9.17, 15) is 4.79 Å². The Morgan fingerprint density at radius 2 is 1.87 bits per heavy atom. The molecule has 2 fully saturated rings. The van der Waals surface area contributed by atoms with Crippen molar-refractivity contribution in [3.8, 4) is 11.3 Å². The quantitative estimate of drug-likeness (QED) is 0.766. The molecule has 5 nitrogen and oxygen atoms in total. The molecule has 0 spiro atoms. The Morgan fingerprint density at radius 1 is 1.10 bits per heavy atom. The number of nitrogens with zero attached hydrogens (tertiary/aromatic N) is 3. The van der Waals surface area contributed by atoms with E-state index in [2.05, 4.69) is 40.7 Å². The van der Waals surface area contributed by atoms with Crippen LogP contribution in [0.4, 0.5) is 0 Å². The van der Waals surface area contributed by atoms with Crippen LogP contribution in [0.25, 0.3) is 11.3 Å². The maximum atomic E-state index is 11.3. The molecule has 1 aliphatic carbocycles. The number of aryl methyl sites for hydroxylation is 1. The fourth-order valence-corrected chi connectivity index (χ4v) is 5.24. The predicted octanol–water partition coefficient (Wildman–Crippen LogP) is 4.48. The van der Waals surface area contributed by atoms with Gasteiger partial charge in [-0.05, 0) is 49.6 Å². The van der Waals surface area contributed by atoms with Gasteiger partial charge in [0.2, 0.25) is 5.91 Å². The summed E-state index contributed by atoms with van der Waals surface area (Å²) >= 11 is 0. The maximum absolute atomic E-state index is 11.3. The smallest absolute Gasteiger partial charge is 0.216 e. The SMILES string of the molecule is CC(=O)NC[C@@H]1CCCN(Cc2cn(C)nc2-c2ccc(C3CCCCC3)cc2)C1. The molecule has 0 unspecified atom stereocenters. The number of nitrogens with one attached hydrogen (secondary N) is 1. The van der Waals surface area contributed by atoms with E-state index >= 15 is 0 Å². The van der Waals surface area contributed by atoms with Crippen LogP contribution in [0.2, 0.25) is 0 Å². The van der Waals surface area contributed by atoms with E-state index in [1.807, 2.05) is 11.7 Å². The lowest BCUT2D eigenvalue weighted by atomic mass is 9.84. The second-order valence-electron chi connectivity index (χ2n) is 9.31. The van der Waals surface area contributed by atoms with E-state index in [-0.39, 0.29) is 5.91 Å². The molecule has 0 radical (unpaired) electrons. The first kappa shape index (κ1) is 21.1. The number of hydrogen-bond donors (Lipinski definition) is 1. The zero-order valence-corrected chi connectivity index (χ0v) is 18.6. The van der Waals surface area contributed by atoms with Crippen LogP contribution in [0.3, 0.4) is 0 Å². The summed E-state index contributed by atoms with van der Waals surface area (Å²) in [4.78, 5) is 13.8. The van der Waals surface area contributed by atoms with Gasteiger partial charge in [0, 0.05) is 50.9 Å². The molecule has 1 aliphatic heterocycles. The highest BCUT2D eigenvalue weighted by Gasteiger charge is 2.22. The van der Waals surface area contributed by atoms with Crippen LogP contribution in [0.15, 0.2) is 30.5 Å². The maximum Gasteiger partial charge on any atom is 0.216 e. The fraction of sp³-hybridized carbons (Fsp3) is 0.600. The number of benzene rings is 1. The average molecular weight is 409 g/mol. The van der Waals surface area contributed by atoms with E-state index < -0.39 is 0 Å². The van der Waals surface area contributed by atoms with Gasteiger partial charge in [-0.3, -0.25) is 14.4 Å². The predicted molar refractivity (Wildman–Crippen MR) is 121 cm³/mol. The number of aromatic nitrogens is 2. The molecule has 1 saturated carbocycles. The highest BCUT2D eigenvalue weighted by molar-refractivity contribution is 5.72. The number of carbonyl (C=O) groups is 1. The van der Waals surface area contributed by atoms with Crippen LogP contribution in [-0.2, 0) is 18.4 Å². The molecule has 2 aliphatic rings. The molecule has 1 saturated heterocycles. The third-order valence-electron chi connectivity index (χ3n) is 6.80. The molecular weight excluding hydrogens is 372 g/mol. The highest BCUT2D eigenvalue weighted by atomic mass is 16.1. The van der Waals surface area contributed by atoms with Gasteiger partial charge in [-0.2, -0.15) is 5.10 Å². The lowest BCUT2D eigenvalue weighted by Gasteiger charge is -2.32. The molecule has 1 N–H and O–H groups in total. The Balaban J connectivity index is 1.44. The molecule has 1 aromatic carbocycles. The van der Waals surface area contributed by atoms with Crippen LogP contribution >= 0.6 is 0 Å². The van der Waals surface area contributed by atoms with Crippen LogP contribution in [0.1, 0.15) is 68.9 Å². The summed E-state index contributed by atoms with van der Waals surface area (Å²) < 4.78 is 1.94. The molecule has 2 heterocycles. The summed E-state index contributed by atoms with van der Waals surface area (Å²) in [6.45, 7) is 5.46. The minimum absolute atomic E-state index is 0.0679. The molecule has 1 amide bonds. The van der Waals surface area contributed by atoms with Gasteiger partial charge in [-0.1, -0.05) is 43.5 Å². The number of hydrogen-bond acceptors (Lipinski definition) is 3. The van der Waals surface area contributed by atoms with Gasteiger partial charge < -0.3 is 5.32 Å². The summed E-state index contributed by atoms with van der Waals surface area (Å²) in [6.07, 6.45) is 11.4. The van der Waals surface area contributed by atoms with Crippen molar-refractivity contribution in [1.29, 1.82) is 0 Å². The minimum Gasteiger partial charge on any atom is -0.356 e. The second-order valence-corrected chi connectivity index (χ2v) is 9.31. The largest absolute Gasteiger partial charge is 0.356 e. The number of carbonyl (C=O) groups excluding carboxylic acids is 1. The van der Waals surface area contributed by atoms with Crippen molar-refractivity contribution in [3.05, 3.63) is 41.6 Å². The van der Waals surface area contributed by atoms with Gasteiger partial charge in [-0.25, -0.2) is 0 Å². The van der Waals surface area contributed by atoms with E-state index in [0.717, 1.165) is 37.8 Å². The molecule has 5 heteroatoms. The molecular formula is C25H36N4O. The molecule has 4 rings (SSSR count). The average Bonchev–Trinajstić information content (AvgIpc) is 3.13. The molecule has 2 aromatic rings. The fourth-order valence-electron chi connectivity index (χ4n) is 5.24. The Labute approximate surface area is 180 Å². The molecule has 30 heavy (non-hydrogen) atoms. The van der Waals surface area contributed by atoms with Crippen molar-refractivity contribution in [2.45, 2.75) is 64.3 Å². The second kappa shape index (κ2) is 9.78. The Morgan fingerprint density at radius 3 is 2.60 bits per heavy atom. The summed E-state index contributed by atoms with van der Waals surface area (Å²) in [5, 5.41) is 7.79. The summed E-state index contributed by atoms with van der Waals surface area (Å²) in [7, 11) is 2.01. The first-order valence-electron chi connectivity index (χ1n) is 11.7. The highest BCUT2D eigenvalue weighted by Crippen LogP contribution is 2.34. The third-order valence-corrected chi connectivity index (χ3v) is 6.80. The van der Waals surface area contributed by atoms with Gasteiger partial charge in [0.05, 0.1) is 5.69 Å².